The van der Waals surface area contributed by atoms with Crippen molar-refractivity contribution in [3.8, 4) is 0 Å². The van der Waals surface area contributed by atoms with Gasteiger partial charge in [-0.1, -0.05) is 35.9 Å². The highest BCUT2D eigenvalue weighted by Gasteiger charge is 2.31. The highest BCUT2D eigenvalue weighted by Crippen LogP contribution is 2.36. The smallest absolute Gasteiger partial charge is 0.264 e. The zero-order valence-corrected chi connectivity index (χ0v) is 12.5. The highest BCUT2D eigenvalue weighted by atomic mass is 32.2. The Morgan fingerprint density at radius 1 is 1.10 bits per heavy atom. The molecule has 21 heavy (non-hydrogen) atoms. The SMILES string of the molecule is Cc1ccc(S(=O)(=O)N2CCC(O)c3ccccc32)cc1. The van der Waals surface area contributed by atoms with Crippen LogP contribution in [0.4, 0.5) is 5.69 Å². The van der Waals surface area contributed by atoms with E-state index in [0.29, 0.717) is 17.7 Å². The molecular formula is C16H17NO3S. The molecule has 0 amide bonds. The van der Waals surface area contributed by atoms with Gasteiger partial charge in [0.1, 0.15) is 0 Å². The van der Waals surface area contributed by atoms with Crippen LogP contribution in [0.3, 0.4) is 0 Å². The summed E-state index contributed by atoms with van der Waals surface area (Å²) in [4.78, 5) is 0.277. The van der Waals surface area contributed by atoms with Gasteiger partial charge in [-0.25, -0.2) is 8.42 Å². The number of aliphatic hydroxyl groups excluding tert-OH is 1. The second-order valence-electron chi connectivity index (χ2n) is 5.25. The Kier molecular flexibility index (Phi) is 3.47. The van der Waals surface area contributed by atoms with Crippen LogP contribution in [0, 0.1) is 6.92 Å². The molecule has 0 radical (unpaired) electrons. The lowest BCUT2D eigenvalue weighted by molar-refractivity contribution is 0.166. The van der Waals surface area contributed by atoms with E-state index >= 15 is 0 Å². The van der Waals surface area contributed by atoms with Crippen molar-refractivity contribution in [2.24, 2.45) is 0 Å². The second kappa shape index (κ2) is 5.16. The third-order valence-corrected chi connectivity index (χ3v) is 5.61. The molecule has 3 rings (SSSR count). The van der Waals surface area contributed by atoms with Gasteiger partial charge in [-0.15, -0.1) is 0 Å². The summed E-state index contributed by atoms with van der Waals surface area (Å²) in [5, 5.41) is 10.0. The molecule has 1 aliphatic heterocycles. The van der Waals surface area contributed by atoms with Crippen LogP contribution >= 0.6 is 0 Å². The van der Waals surface area contributed by atoms with Crippen LogP contribution in [-0.4, -0.2) is 20.1 Å². The predicted octanol–water partition coefficient (Wildman–Crippen LogP) is 2.63. The lowest BCUT2D eigenvalue weighted by Gasteiger charge is -2.32. The van der Waals surface area contributed by atoms with Crippen LogP contribution < -0.4 is 4.31 Å². The molecule has 0 fully saturated rings. The van der Waals surface area contributed by atoms with E-state index in [1.165, 1.54) is 4.31 Å². The zero-order valence-electron chi connectivity index (χ0n) is 11.7. The third-order valence-electron chi connectivity index (χ3n) is 3.78. The summed E-state index contributed by atoms with van der Waals surface area (Å²) in [6.45, 7) is 2.21. The van der Waals surface area contributed by atoms with Gasteiger partial charge in [-0.05, 0) is 31.5 Å². The number of rotatable bonds is 2. The number of fused-ring (bicyclic) bond motifs is 1. The molecule has 1 heterocycles. The Hall–Kier alpha value is -1.85. The van der Waals surface area contributed by atoms with Gasteiger partial charge < -0.3 is 5.11 Å². The fourth-order valence-corrected chi connectivity index (χ4v) is 4.10. The maximum atomic E-state index is 12.8. The standard InChI is InChI=1S/C16H17NO3S/c1-12-6-8-13(9-7-12)21(19,20)17-11-10-16(18)14-4-2-3-5-15(14)17/h2-9,16,18H,10-11H2,1H3. The maximum Gasteiger partial charge on any atom is 0.264 e. The fourth-order valence-electron chi connectivity index (χ4n) is 2.60. The summed E-state index contributed by atoms with van der Waals surface area (Å²) in [5.41, 5.74) is 2.25. The second-order valence-corrected chi connectivity index (χ2v) is 7.12. The minimum Gasteiger partial charge on any atom is -0.388 e. The van der Waals surface area contributed by atoms with Crippen molar-refractivity contribution in [3.63, 3.8) is 0 Å². The molecule has 5 heteroatoms. The predicted molar refractivity (Wildman–Crippen MR) is 81.7 cm³/mol. The van der Waals surface area contributed by atoms with Gasteiger partial charge in [-0.2, -0.15) is 0 Å². The molecule has 4 nitrogen and oxygen atoms in total. The summed E-state index contributed by atoms with van der Waals surface area (Å²) in [7, 11) is -3.59. The first-order valence-electron chi connectivity index (χ1n) is 6.86. The van der Waals surface area contributed by atoms with E-state index in [1.807, 2.05) is 13.0 Å². The molecule has 0 saturated carbocycles. The van der Waals surface area contributed by atoms with Gasteiger partial charge in [0, 0.05) is 12.1 Å². The number of benzene rings is 2. The average molecular weight is 303 g/mol. The first-order valence-corrected chi connectivity index (χ1v) is 8.30. The minimum absolute atomic E-state index is 0.277. The molecule has 1 unspecified atom stereocenters. The van der Waals surface area contributed by atoms with E-state index in [4.69, 9.17) is 0 Å². The van der Waals surface area contributed by atoms with Crippen LogP contribution in [0.2, 0.25) is 0 Å². The molecule has 2 aromatic rings. The van der Waals surface area contributed by atoms with E-state index in [1.54, 1.807) is 42.5 Å². The highest BCUT2D eigenvalue weighted by molar-refractivity contribution is 7.92. The summed E-state index contributed by atoms with van der Waals surface area (Å²) in [6.07, 6.45) is -0.201. The van der Waals surface area contributed by atoms with Gasteiger partial charge in [-0.3, -0.25) is 4.31 Å². The largest absolute Gasteiger partial charge is 0.388 e. The first-order chi connectivity index (χ1) is 10.00. The van der Waals surface area contributed by atoms with Crippen molar-refractivity contribution < 1.29 is 13.5 Å². The Bertz CT molecular complexity index is 753. The number of aliphatic hydroxyl groups is 1. The number of hydrogen-bond acceptors (Lipinski definition) is 3. The topological polar surface area (TPSA) is 57.6 Å². The van der Waals surface area contributed by atoms with Gasteiger partial charge in [0.25, 0.3) is 10.0 Å². The van der Waals surface area contributed by atoms with E-state index in [0.717, 1.165) is 5.56 Å². The van der Waals surface area contributed by atoms with Gasteiger partial charge in [0.05, 0.1) is 16.7 Å². The minimum atomic E-state index is -3.59. The van der Waals surface area contributed by atoms with Crippen LogP contribution in [0.1, 0.15) is 23.7 Å². The number of anilines is 1. The van der Waals surface area contributed by atoms with Crippen LogP contribution in [0.5, 0.6) is 0 Å². The lowest BCUT2D eigenvalue weighted by atomic mass is 10.0. The summed E-state index contributed by atoms with van der Waals surface area (Å²) >= 11 is 0. The van der Waals surface area contributed by atoms with E-state index in [-0.39, 0.29) is 11.4 Å². The third kappa shape index (κ3) is 2.43. The number of para-hydroxylation sites is 1. The number of hydrogen-bond donors (Lipinski definition) is 1. The number of sulfonamides is 1. The molecule has 0 aromatic heterocycles. The Morgan fingerprint density at radius 2 is 1.76 bits per heavy atom. The quantitative estimate of drug-likeness (QED) is 0.928. The van der Waals surface area contributed by atoms with Gasteiger partial charge >= 0.3 is 0 Å². The summed E-state index contributed by atoms with van der Waals surface area (Å²) in [6, 6.07) is 13.9. The first kappa shape index (κ1) is 14.1. The lowest BCUT2D eigenvalue weighted by Crippen LogP contribution is -2.36. The molecule has 0 saturated heterocycles. The molecule has 0 spiro atoms. The Morgan fingerprint density at radius 3 is 2.48 bits per heavy atom. The van der Waals surface area contributed by atoms with Gasteiger partial charge in [0.2, 0.25) is 0 Å². The molecule has 1 aliphatic rings. The maximum absolute atomic E-state index is 12.8. The molecule has 0 bridgehead atoms. The van der Waals surface area contributed by atoms with Crippen molar-refractivity contribution >= 4 is 15.7 Å². The number of nitrogens with zero attached hydrogens (tertiary/aromatic N) is 1. The van der Waals surface area contributed by atoms with E-state index in [9.17, 15) is 13.5 Å². The normalized spacial score (nSPS) is 18.4. The van der Waals surface area contributed by atoms with E-state index in [2.05, 4.69) is 0 Å². The van der Waals surface area contributed by atoms with Crippen LogP contribution in [-0.2, 0) is 10.0 Å². The van der Waals surface area contributed by atoms with Crippen molar-refractivity contribution in [1.82, 2.24) is 0 Å². The average Bonchev–Trinajstić information content (AvgIpc) is 2.48. The van der Waals surface area contributed by atoms with Gasteiger partial charge in [0.15, 0.2) is 0 Å². The molecule has 2 aromatic carbocycles. The molecular weight excluding hydrogens is 286 g/mol. The summed E-state index contributed by atoms with van der Waals surface area (Å²) in [5.74, 6) is 0. The monoisotopic (exact) mass is 303 g/mol. The van der Waals surface area contributed by atoms with Crippen molar-refractivity contribution in [3.05, 3.63) is 59.7 Å². The van der Waals surface area contributed by atoms with E-state index < -0.39 is 16.1 Å². The molecule has 110 valence electrons. The zero-order chi connectivity index (χ0) is 15.0. The summed E-state index contributed by atoms with van der Waals surface area (Å²) < 4.78 is 27.0. The van der Waals surface area contributed by atoms with Crippen molar-refractivity contribution in [2.75, 3.05) is 10.8 Å². The Balaban J connectivity index is 2.08. The van der Waals surface area contributed by atoms with Crippen molar-refractivity contribution in [1.29, 1.82) is 0 Å². The molecule has 0 aliphatic carbocycles. The van der Waals surface area contributed by atoms with Crippen molar-refractivity contribution in [2.45, 2.75) is 24.3 Å². The Labute approximate surface area is 124 Å². The molecule has 1 N–H and O–H groups in total. The van der Waals surface area contributed by atoms with Crippen LogP contribution in [0.25, 0.3) is 0 Å². The number of aryl methyl sites for hydroxylation is 1. The molecule has 1 atom stereocenters. The van der Waals surface area contributed by atoms with Crippen LogP contribution in [0.15, 0.2) is 53.4 Å². The fraction of sp³-hybridized carbons (Fsp3) is 0.250.